The largest absolute Gasteiger partial charge is 0.870 e. The molecular formula is C50H75BaBrI3O14V. The number of carboxylic acids is 1. The molecule has 1 aromatic carbocycles. The third-order valence-electron chi connectivity index (χ3n) is 17.8. The number of aliphatic carboxylic acids is 1. The molecule has 0 aromatic heterocycles. The van der Waals surface area contributed by atoms with Gasteiger partial charge in [-0.05, 0) is 165 Å². The zero-order chi connectivity index (χ0) is 48.7. The molecule has 20 heteroatoms. The molecule has 12 saturated carbocycles. The van der Waals surface area contributed by atoms with Crippen LogP contribution in [0.2, 0.25) is 0 Å². The van der Waals surface area contributed by atoms with Gasteiger partial charge >= 0.3 is 150 Å². The summed E-state index contributed by atoms with van der Waals surface area (Å²) in [4.78, 5) is 69.6. The van der Waals surface area contributed by atoms with Crippen molar-refractivity contribution in [1.82, 2.24) is 0 Å². The predicted octanol–water partition coefficient (Wildman–Crippen LogP) is 11.9. The number of fused-ring (bicyclic) bond motifs is 12. The number of hydrogen-bond acceptors (Lipinski definition) is 13. The summed E-state index contributed by atoms with van der Waals surface area (Å²) in [5, 5.41) is 9.18. The van der Waals surface area contributed by atoms with Crippen molar-refractivity contribution in [3.8, 4) is 0 Å². The number of carboxylic acid groups (broad SMARTS) is 1. The molecule has 0 spiro atoms. The molecule has 394 valence electrons. The van der Waals surface area contributed by atoms with Crippen LogP contribution in [-0.4, -0.2) is 141 Å². The van der Waals surface area contributed by atoms with Crippen molar-refractivity contribution < 1.29 is 73.4 Å². The Balaban J connectivity index is 0.000000448. The topological polar surface area (TPSA) is 229 Å². The molecule has 0 atom stereocenters. The number of benzene rings is 1. The standard InChI is InChI=1S/C16H20O2.C12H18O4.C11H16O4.C10H15BrO2.CH4.Ba.3HI.2H2O.V/c1-18-14(17)16-10-7-15(8-11-16,9-12-16)13-5-3-2-4-6-13;1-15-9(13)11-3-6-12(7-4-11,8-5-11)10(14)16-2;1-15-9(14)11-5-2-10(3-6-11,4-7-11)8(12)13;1-13-8(12)9-2-5-10(11,6-3-9)7-4-9;;;;;;;;/h2-6H,7-12H2,1H3;3-8H2,1-2H3;2-7H2,1H3,(H,12,13);2-7H2,1H3;1H4;;3*1H;2*1H2;/q;;;;;+2;;;;;;+3/p-5. The number of hydrogen-bond donors (Lipinski definition) is 1. The first kappa shape index (κ1) is 68.8. The zero-order valence-corrected chi connectivity index (χ0v) is 54.8. The monoisotopic (exact) mass is 1550 g/mol. The fourth-order valence-corrected chi connectivity index (χ4v) is 13.5. The van der Waals surface area contributed by atoms with Crippen LogP contribution in [-0.2, 0) is 62.8 Å². The third-order valence-corrected chi connectivity index (χ3v) is 19.0. The van der Waals surface area contributed by atoms with Gasteiger partial charge in [-0.3, -0.25) is 28.8 Å². The van der Waals surface area contributed by atoms with E-state index >= 15 is 0 Å². The predicted molar refractivity (Wildman–Crippen MR) is 291 cm³/mol. The van der Waals surface area contributed by atoms with Crippen LogP contribution in [0.1, 0.15) is 167 Å². The summed E-state index contributed by atoms with van der Waals surface area (Å²) < 4.78 is 24.8. The molecule has 12 aliphatic rings. The maximum Gasteiger partial charge on any atom is -0.870 e. The molecule has 14 nitrogen and oxygen atoms in total. The van der Waals surface area contributed by atoms with Gasteiger partial charge in [0.05, 0.1) is 68.0 Å². The SMILES string of the molecule is C.COC(=O)C12CCC(Br)(CC1)CC2.COC(=O)C12CCC(C(=O)O)(CC1)CC2.COC(=O)C12CCC(C(=O)OC)(CC1)CC2.COC(=O)C12CCC(c3ccccc3)(CC1)CC2.[Ba+2].[I][V]([I])[I].[OH-].[OH-]. The summed E-state index contributed by atoms with van der Waals surface area (Å²) in [5.74, 6) is -1.02. The van der Waals surface area contributed by atoms with Gasteiger partial charge in [0.15, 0.2) is 0 Å². The summed E-state index contributed by atoms with van der Waals surface area (Å²) in [6.45, 7) is 0. The van der Waals surface area contributed by atoms with E-state index in [1.54, 1.807) is 0 Å². The van der Waals surface area contributed by atoms with Crippen molar-refractivity contribution in [3.63, 3.8) is 0 Å². The Morgan fingerprint density at radius 1 is 0.443 bits per heavy atom. The number of alkyl halides is 1. The van der Waals surface area contributed by atoms with E-state index in [1.165, 1.54) is 41.1 Å². The molecule has 0 aliphatic heterocycles. The number of halogens is 4. The van der Waals surface area contributed by atoms with E-state index in [0.717, 1.165) is 116 Å². The van der Waals surface area contributed by atoms with Gasteiger partial charge in [-0.15, -0.1) is 0 Å². The van der Waals surface area contributed by atoms with Gasteiger partial charge in [0, 0.05) is 4.32 Å². The first-order valence-corrected chi connectivity index (χ1v) is 37.7. The molecule has 8 bridgehead atoms. The molecule has 1 aromatic rings. The smallest absolute Gasteiger partial charge is 0.870 e. The van der Waals surface area contributed by atoms with Crippen molar-refractivity contribution in [1.29, 1.82) is 0 Å². The quantitative estimate of drug-likeness (QED) is 0.0880. The van der Waals surface area contributed by atoms with E-state index in [0.29, 0.717) is 48.3 Å². The first-order valence-electron chi connectivity index (χ1n) is 23.4. The maximum atomic E-state index is 12.0. The van der Waals surface area contributed by atoms with Crippen LogP contribution in [0.25, 0.3) is 0 Å². The van der Waals surface area contributed by atoms with Gasteiger partial charge in [-0.25, -0.2) is 0 Å². The van der Waals surface area contributed by atoms with E-state index < -0.39 is 11.4 Å². The molecule has 12 fully saturated rings. The maximum absolute atomic E-state index is 12.0. The van der Waals surface area contributed by atoms with Crippen molar-refractivity contribution in [2.24, 2.45) is 32.5 Å². The Morgan fingerprint density at radius 3 is 0.857 bits per heavy atom. The van der Waals surface area contributed by atoms with Gasteiger partial charge in [0.25, 0.3) is 0 Å². The average Bonchev–Trinajstić information content (AvgIpc) is 3.37. The van der Waals surface area contributed by atoms with Gasteiger partial charge in [-0.1, -0.05) is 53.7 Å². The van der Waals surface area contributed by atoms with E-state index in [1.807, 2.05) is 0 Å². The fourth-order valence-electron chi connectivity index (χ4n) is 12.9. The first-order chi connectivity index (χ1) is 31.2. The number of esters is 5. The van der Waals surface area contributed by atoms with E-state index in [2.05, 4.69) is 106 Å². The van der Waals surface area contributed by atoms with Crippen LogP contribution in [0.4, 0.5) is 0 Å². The summed E-state index contributed by atoms with van der Waals surface area (Å²) >= 11 is 11.2. The molecule has 0 heterocycles. The average molecular weight is 1550 g/mol. The third kappa shape index (κ3) is 15.1. The number of carbonyl (C=O) groups is 6. The summed E-state index contributed by atoms with van der Waals surface area (Å²) in [6.07, 6.45) is 21.2. The summed E-state index contributed by atoms with van der Waals surface area (Å²) in [5.41, 5.74) is -0.0354. The van der Waals surface area contributed by atoms with E-state index in [-0.39, 0.29) is 129 Å². The number of carbonyl (C=O) groups excluding carboxylic acids is 5. The molecule has 3 N–H and O–H groups in total. The molecule has 0 unspecified atom stereocenters. The minimum absolute atomic E-state index is 0. The van der Waals surface area contributed by atoms with Gasteiger partial charge < -0.3 is 39.7 Å². The zero-order valence-electron chi connectivity index (χ0n) is 40.9. The van der Waals surface area contributed by atoms with Crippen molar-refractivity contribution >= 4 is 161 Å². The molecule has 0 radical (unpaired) electrons. The Hall–Kier alpha value is 0.786. The fraction of sp³-hybridized carbons (Fsp3) is 0.760. The van der Waals surface area contributed by atoms with Crippen molar-refractivity contribution in [2.45, 2.75) is 171 Å². The van der Waals surface area contributed by atoms with Crippen LogP contribution in [0.5, 0.6) is 0 Å². The molecule has 12 aliphatic carbocycles. The number of rotatable bonds is 7. The Morgan fingerprint density at radius 2 is 0.643 bits per heavy atom. The van der Waals surface area contributed by atoms with Crippen molar-refractivity contribution in [3.05, 3.63) is 35.9 Å². The Labute approximate surface area is 502 Å². The minimum atomic E-state index is -0.694. The minimum Gasteiger partial charge on any atom is -0.870 e. The number of methoxy groups -OCH3 is 5. The van der Waals surface area contributed by atoms with Gasteiger partial charge in [0.2, 0.25) is 0 Å². The molecule has 70 heavy (non-hydrogen) atoms. The van der Waals surface area contributed by atoms with Crippen LogP contribution >= 0.6 is 75.9 Å². The Kier molecular flexibility index (Phi) is 28.5. The second-order valence-corrected chi connectivity index (χ2v) is 57.5. The van der Waals surface area contributed by atoms with Crippen LogP contribution in [0.15, 0.2) is 30.3 Å². The molecule has 0 amide bonds. The number of ether oxygens (including phenoxy) is 5. The van der Waals surface area contributed by atoms with Crippen LogP contribution < -0.4 is 0 Å². The normalized spacial score (nSPS) is 34.1. The van der Waals surface area contributed by atoms with Crippen LogP contribution in [0, 0.1) is 32.5 Å². The van der Waals surface area contributed by atoms with E-state index in [4.69, 9.17) is 23.7 Å². The molecule has 0 saturated heterocycles. The van der Waals surface area contributed by atoms with Crippen molar-refractivity contribution in [2.75, 3.05) is 35.5 Å². The van der Waals surface area contributed by atoms with Crippen LogP contribution in [0.3, 0.4) is 0 Å². The summed E-state index contributed by atoms with van der Waals surface area (Å²) in [6, 6.07) is 10.8. The van der Waals surface area contributed by atoms with Gasteiger partial charge in [0.1, 0.15) is 0 Å². The van der Waals surface area contributed by atoms with Gasteiger partial charge in [-0.2, -0.15) is 0 Å². The second kappa shape index (κ2) is 29.0. The Bertz CT molecular complexity index is 1790. The summed E-state index contributed by atoms with van der Waals surface area (Å²) in [7, 11) is 7.30. The molecule has 13 rings (SSSR count). The second-order valence-electron chi connectivity index (χ2n) is 20.4. The van der Waals surface area contributed by atoms with E-state index in [9.17, 15) is 33.9 Å². The molecular weight excluding hydrogens is 1470 g/mol.